The minimum Gasteiger partial charge on any atom is -0.481 e. The summed E-state index contributed by atoms with van der Waals surface area (Å²) in [4.78, 5) is 10.3. The molecule has 0 bridgehead atoms. The number of rotatable bonds is 3. The fourth-order valence-corrected chi connectivity index (χ4v) is 2.69. The topological polar surface area (TPSA) is 37.3 Å². The van der Waals surface area contributed by atoms with Gasteiger partial charge in [-0.25, -0.2) is 0 Å². The number of carboxylic acid groups (broad SMARTS) is 1. The predicted octanol–water partition coefficient (Wildman–Crippen LogP) is 1.90. The van der Waals surface area contributed by atoms with Gasteiger partial charge in [0.05, 0.1) is 0 Å². The molecule has 2 aliphatic carbocycles. The molecule has 2 aliphatic rings. The highest BCUT2D eigenvalue weighted by atomic mass is 16.4. The van der Waals surface area contributed by atoms with Gasteiger partial charge in [0.1, 0.15) is 0 Å². The van der Waals surface area contributed by atoms with Crippen molar-refractivity contribution in [2.45, 2.75) is 32.1 Å². The smallest absolute Gasteiger partial charge is 0.303 e. The average molecular weight is 154 g/mol. The minimum absolute atomic E-state index is 0.387. The van der Waals surface area contributed by atoms with Crippen molar-refractivity contribution in [3.05, 3.63) is 0 Å². The van der Waals surface area contributed by atoms with E-state index in [0.29, 0.717) is 6.42 Å². The molecule has 11 heavy (non-hydrogen) atoms. The first-order valence-electron chi connectivity index (χ1n) is 4.51. The lowest BCUT2D eigenvalue weighted by molar-refractivity contribution is -0.137. The van der Waals surface area contributed by atoms with E-state index < -0.39 is 5.97 Å². The third-order valence-electron chi connectivity index (χ3n) is 3.28. The van der Waals surface area contributed by atoms with Crippen LogP contribution in [0.5, 0.6) is 0 Å². The number of hydrogen-bond acceptors (Lipinski definition) is 1. The Morgan fingerprint density at radius 2 is 2.00 bits per heavy atom. The van der Waals surface area contributed by atoms with Crippen molar-refractivity contribution in [3.63, 3.8) is 0 Å². The first-order chi connectivity index (χ1) is 5.29. The summed E-state index contributed by atoms with van der Waals surface area (Å²) >= 11 is 0. The number of hydrogen-bond donors (Lipinski definition) is 1. The summed E-state index contributed by atoms with van der Waals surface area (Å²) < 4.78 is 0. The summed E-state index contributed by atoms with van der Waals surface area (Å²) in [6, 6.07) is 0. The average Bonchev–Trinajstić information content (AvgIpc) is 2.44. The largest absolute Gasteiger partial charge is 0.481 e. The third-order valence-corrected chi connectivity index (χ3v) is 3.28. The van der Waals surface area contributed by atoms with Crippen molar-refractivity contribution in [3.8, 4) is 0 Å². The van der Waals surface area contributed by atoms with Gasteiger partial charge in [0.15, 0.2) is 0 Å². The highest BCUT2D eigenvalue weighted by molar-refractivity contribution is 5.66. The van der Waals surface area contributed by atoms with Crippen LogP contribution in [0.3, 0.4) is 0 Å². The first kappa shape index (κ1) is 7.14. The Morgan fingerprint density at radius 1 is 1.36 bits per heavy atom. The fourth-order valence-electron chi connectivity index (χ4n) is 2.69. The number of carboxylic acids is 1. The van der Waals surface area contributed by atoms with Crippen LogP contribution in [-0.2, 0) is 4.79 Å². The zero-order valence-electron chi connectivity index (χ0n) is 6.62. The molecule has 0 aromatic rings. The van der Waals surface area contributed by atoms with E-state index in [2.05, 4.69) is 0 Å². The van der Waals surface area contributed by atoms with Gasteiger partial charge in [-0.1, -0.05) is 6.42 Å². The van der Waals surface area contributed by atoms with Gasteiger partial charge in [0.2, 0.25) is 0 Å². The van der Waals surface area contributed by atoms with Crippen LogP contribution in [0.25, 0.3) is 0 Å². The molecule has 0 aromatic heterocycles. The van der Waals surface area contributed by atoms with Crippen molar-refractivity contribution < 1.29 is 9.90 Å². The second kappa shape index (κ2) is 2.50. The molecule has 2 unspecified atom stereocenters. The summed E-state index contributed by atoms with van der Waals surface area (Å²) in [5.41, 5.74) is 0. The van der Waals surface area contributed by atoms with Crippen molar-refractivity contribution in [1.82, 2.24) is 0 Å². The molecular formula is C9H14O2. The van der Waals surface area contributed by atoms with E-state index in [-0.39, 0.29) is 0 Å². The quantitative estimate of drug-likeness (QED) is 0.674. The van der Waals surface area contributed by atoms with Crippen LogP contribution in [0, 0.1) is 17.8 Å². The van der Waals surface area contributed by atoms with E-state index in [0.717, 1.165) is 24.2 Å². The zero-order chi connectivity index (χ0) is 7.84. The van der Waals surface area contributed by atoms with E-state index in [1.54, 1.807) is 0 Å². The summed E-state index contributed by atoms with van der Waals surface area (Å²) in [6.07, 6.45) is 5.45. The SMILES string of the molecule is O=C(O)CCC1C2CCCC21. The summed E-state index contributed by atoms with van der Waals surface area (Å²) in [6.45, 7) is 0. The number of aliphatic carboxylic acids is 1. The van der Waals surface area contributed by atoms with Crippen molar-refractivity contribution >= 4 is 5.97 Å². The Labute approximate surface area is 66.6 Å². The Bertz CT molecular complexity index is 166. The maximum Gasteiger partial charge on any atom is 0.303 e. The second-order valence-corrected chi connectivity index (χ2v) is 3.85. The van der Waals surface area contributed by atoms with Crippen LogP contribution in [-0.4, -0.2) is 11.1 Å². The molecule has 0 aromatic carbocycles. The second-order valence-electron chi connectivity index (χ2n) is 3.85. The lowest BCUT2D eigenvalue weighted by atomic mass is 10.1. The molecule has 0 amide bonds. The van der Waals surface area contributed by atoms with E-state index >= 15 is 0 Å². The van der Waals surface area contributed by atoms with Crippen LogP contribution in [0.1, 0.15) is 32.1 Å². The van der Waals surface area contributed by atoms with E-state index in [1.165, 1.54) is 19.3 Å². The van der Waals surface area contributed by atoms with Crippen molar-refractivity contribution in [1.29, 1.82) is 0 Å². The molecule has 2 fully saturated rings. The van der Waals surface area contributed by atoms with Gasteiger partial charge in [0.25, 0.3) is 0 Å². The molecule has 0 aliphatic heterocycles. The molecule has 0 heterocycles. The minimum atomic E-state index is -0.630. The molecular weight excluding hydrogens is 140 g/mol. The molecule has 2 atom stereocenters. The zero-order valence-corrected chi connectivity index (χ0v) is 6.62. The van der Waals surface area contributed by atoms with E-state index in [4.69, 9.17) is 5.11 Å². The number of fused-ring (bicyclic) bond motifs is 1. The maximum atomic E-state index is 10.3. The monoisotopic (exact) mass is 154 g/mol. The Kier molecular flexibility index (Phi) is 1.63. The maximum absolute atomic E-state index is 10.3. The van der Waals surface area contributed by atoms with Gasteiger partial charge in [0, 0.05) is 6.42 Å². The summed E-state index contributed by atoms with van der Waals surface area (Å²) in [5, 5.41) is 8.45. The lowest BCUT2D eigenvalue weighted by Gasteiger charge is -1.98. The first-order valence-corrected chi connectivity index (χ1v) is 4.51. The molecule has 2 rings (SSSR count). The molecule has 62 valence electrons. The van der Waals surface area contributed by atoms with Gasteiger partial charge >= 0.3 is 5.97 Å². The molecule has 2 saturated carbocycles. The Balaban J connectivity index is 1.71. The van der Waals surface area contributed by atoms with Gasteiger partial charge in [-0.05, 0) is 37.0 Å². The van der Waals surface area contributed by atoms with E-state index in [1.807, 2.05) is 0 Å². The number of carbonyl (C=O) groups is 1. The molecule has 0 radical (unpaired) electrons. The fraction of sp³-hybridized carbons (Fsp3) is 0.889. The summed E-state index contributed by atoms with van der Waals surface area (Å²) in [7, 11) is 0. The summed E-state index contributed by atoms with van der Waals surface area (Å²) in [5.74, 6) is 2.01. The lowest BCUT2D eigenvalue weighted by Crippen LogP contribution is -1.97. The molecule has 2 heteroatoms. The van der Waals surface area contributed by atoms with Crippen LogP contribution >= 0.6 is 0 Å². The predicted molar refractivity (Wildman–Crippen MR) is 41.2 cm³/mol. The van der Waals surface area contributed by atoms with Crippen molar-refractivity contribution in [2.24, 2.45) is 17.8 Å². The Hall–Kier alpha value is -0.530. The van der Waals surface area contributed by atoms with Gasteiger partial charge in [-0.3, -0.25) is 4.79 Å². The highest BCUT2D eigenvalue weighted by Gasteiger charge is 2.51. The van der Waals surface area contributed by atoms with Gasteiger partial charge in [-0.2, -0.15) is 0 Å². The standard InChI is InChI=1S/C9H14O2/c10-9(11)5-4-8-6-2-1-3-7(6)8/h6-8H,1-5H2,(H,10,11). The molecule has 0 saturated heterocycles. The van der Waals surface area contributed by atoms with Crippen LogP contribution in [0.15, 0.2) is 0 Å². The normalized spacial score (nSPS) is 40.2. The molecule has 2 nitrogen and oxygen atoms in total. The van der Waals surface area contributed by atoms with Crippen LogP contribution in [0.4, 0.5) is 0 Å². The Morgan fingerprint density at radius 3 is 2.55 bits per heavy atom. The highest BCUT2D eigenvalue weighted by Crippen LogP contribution is 2.59. The van der Waals surface area contributed by atoms with E-state index in [9.17, 15) is 4.79 Å². The molecule has 0 spiro atoms. The van der Waals surface area contributed by atoms with Crippen LogP contribution < -0.4 is 0 Å². The van der Waals surface area contributed by atoms with Crippen LogP contribution in [0.2, 0.25) is 0 Å². The molecule has 1 N–H and O–H groups in total. The van der Waals surface area contributed by atoms with Gasteiger partial charge < -0.3 is 5.11 Å². The van der Waals surface area contributed by atoms with Crippen molar-refractivity contribution in [2.75, 3.05) is 0 Å². The van der Waals surface area contributed by atoms with Gasteiger partial charge in [-0.15, -0.1) is 0 Å². The third kappa shape index (κ3) is 1.26.